The lowest BCUT2D eigenvalue weighted by atomic mass is 10.1. The molecule has 1 amide bonds. The molecule has 0 fully saturated rings. The summed E-state index contributed by atoms with van der Waals surface area (Å²) in [5, 5.41) is 10.0. The van der Waals surface area contributed by atoms with Crippen LogP contribution in [0.3, 0.4) is 0 Å². The standard InChI is InChI=1S/C16H20N2O3/c1-10-4-6-14-13(8-10)12(9-17-14)5-7-15(19)18(3)11(2)16(20)21/h4,6,8-9,11,17H,5,7H2,1-3H3,(H,20,21). The highest BCUT2D eigenvalue weighted by atomic mass is 16.4. The third-order valence-corrected chi connectivity index (χ3v) is 3.86. The second kappa shape index (κ2) is 5.99. The molecule has 0 saturated heterocycles. The van der Waals surface area contributed by atoms with Gasteiger partial charge >= 0.3 is 5.97 Å². The summed E-state index contributed by atoms with van der Waals surface area (Å²) < 4.78 is 0. The van der Waals surface area contributed by atoms with Gasteiger partial charge in [0.1, 0.15) is 6.04 Å². The number of hydrogen-bond acceptors (Lipinski definition) is 2. The van der Waals surface area contributed by atoms with Crippen molar-refractivity contribution in [1.82, 2.24) is 9.88 Å². The van der Waals surface area contributed by atoms with Gasteiger partial charge in [-0.3, -0.25) is 4.79 Å². The Bertz CT molecular complexity index is 675. The van der Waals surface area contributed by atoms with Gasteiger partial charge in [0.2, 0.25) is 5.91 Å². The molecule has 2 aromatic rings. The number of aryl methyl sites for hydroxylation is 2. The highest BCUT2D eigenvalue weighted by molar-refractivity contribution is 5.86. The molecular weight excluding hydrogens is 268 g/mol. The van der Waals surface area contributed by atoms with E-state index in [0.29, 0.717) is 12.8 Å². The van der Waals surface area contributed by atoms with Crippen molar-refractivity contribution < 1.29 is 14.7 Å². The number of nitrogens with one attached hydrogen (secondary N) is 1. The van der Waals surface area contributed by atoms with Gasteiger partial charge in [0.15, 0.2) is 0 Å². The van der Waals surface area contributed by atoms with Gasteiger partial charge in [0.25, 0.3) is 0 Å². The fraction of sp³-hybridized carbons (Fsp3) is 0.375. The van der Waals surface area contributed by atoms with Gasteiger partial charge in [-0.2, -0.15) is 0 Å². The summed E-state index contributed by atoms with van der Waals surface area (Å²) in [7, 11) is 1.53. The molecule has 5 nitrogen and oxygen atoms in total. The van der Waals surface area contributed by atoms with Crippen LogP contribution < -0.4 is 0 Å². The Morgan fingerprint density at radius 2 is 2.10 bits per heavy atom. The summed E-state index contributed by atoms with van der Waals surface area (Å²) in [4.78, 5) is 27.4. The van der Waals surface area contributed by atoms with Gasteiger partial charge in [-0.25, -0.2) is 4.79 Å². The van der Waals surface area contributed by atoms with E-state index < -0.39 is 12.0 Å². The number of carbonyl (C=O) groups is 2. The Labute approximate surface area is 123 Å². The molecule has 21 heavy (non-hydrogen) atoms. The fourth-order valence-electron chi connectivity index (χ4n) is 2.30. The number of aromatic amines is 1. The van der Waals surface area contributed by atoms with Gasteiger partial charge < -0.3 is 15.0 Å². The zero-order chi connectivity index (χ0) is 15.6. The molecule has 2 N–H and O–H groups in total. The first-order chi connectivity index (χ1) is 9.90. The molecule has 1 atom stereocenters. The number of H-pyrrole nitrogens is 1. The molecule has 0 spiro atoms. The van der Waals surface area contributed by atoms with Crippen LogP contribution in [-0.4, -0.2) is 40.0 Å². The topological polar surface area (TPSA) is 73.4 Å². The molecule has 0 radical (unpaired) electrons. The molecule has 2 rings (SSSR count). The molecule has 1 heterocycles. The molecule has 0 aliphatic rings. The monoisotopic (exact) mass is 288 g/mol. The molecule has 1 aromatic heterocycles. The van der Waals surface area contributed by atoms with Crippen molar-refractivity contribution in [2.24, 2.45) is 0 Å². The molecule has 0 aliphatic heterocycles. The average Bonchev–Trinajstić information content (AvgIpc) is 2.85. The van der Waals surface area contributed by atoms with Crippen molar-refractivity contribution in [2.75, 3.05) is 7.05 Å². The minimum atomic E-state index is -0.992. The summed E-state index contributed by atoms with van der Waals surface area (Å²) in [5.74, 6) is -1.15. The van der Waals surface area contributed by atoms with Crippen molar-refractivity contribution in [1.29, 1.82) is 0 Å². The SMILES string of the molecule is Cc1ccc2[nH]cc(CCC(=O)N(C)C(C)C(=O)O)c2c1. The first-order valence-electron chi connectivity index (χ1n) is 6.95. The number of rotatable bonds is 5. The Balaban J connectivity index is 2.06. The molecule has 1 aromatic carbocycles. The Morgan fingerprint density at radius 3 is 2.76 bits per heavy atom. The predicted octanol–water partition coefficient (Wildman–Crippen LogP) is 2.34. The fourth-order valence-corrected chi connectivity index (χ4v) is 2.30. The summed E-state index contributed by atoms with van der Waals surface area (Å²) in [6.45, 7) is 3.54. The summed E-state index contributed by atoms with van der Waals surface area (Å²) in [5.41, 5.74) is 3.31. The number of carboxylic acid groups (broad SMARTS) is 1. The second-order valence-corrected chi connectivity index (χ2v) is 5.38. The maximum absolute atomic E-state index is 12.0. The number of carboxylic acids is 1. The molecule has 0 bridgehead atoms. The van der Waals surface area contributed by atoms with Gasteiger partial charge in [-0.15, -0.1) is 0 Å². The molecule has 1 unspecified atom stereocenters. The van der Waals surface area contributed by atoms with E-state index in [1.807, 2.05) is 25.3 Å². The van der Waals surface area contributed by atoms with Gasteiger partial charge in [-0.1, -0.05) is 11.6 Å². The van der Waals surface area contributed by atoms with E-state index in [1.54, 1.807) is 0 Å². The van der Waals surface area contributed by atoms with Crippen LogP contribution >= 0.6 is 0 Å². The highest BCUT2D eigenvalue weighted by Crippen LogP contribution is 2.21. The molecule has 0 saturated carbocycles. The van der Waals surface area contributed by atoms with Crippen molar-refractivity contribution in [3.05, 3.63) is 35.5 Å². The number of aromatic nitrogens is 1. The lowest BCUT2D eigenvalue weighted by molar-refractivity contribution is -0.148. The number of amides is 1. The van der Waals surface area contributed by atoms with E-state index in [0.717, 1.165) is 16.5 Å². The van der Waals surface area contributed by atoms with Gasteiger partial charge in [0, 0.05) is 30.6 Å². The highest BCUT2D eigenvalue weighted by Gasteiger charge is 2.21. The number of likely N-dealkylation sites (N-methyl/N-ethyl adjacent to an activating group) is 1. The van der Waals surface area contributed by atoms with Crippen LogP contribution in [0.15, 0.2) is 24.4 Å². The second-order valence-electron chi connectivity index (χ2n) is 5.38. The number of nitrogens with zero attached hydrogens (tertiary/aromatic N) is 1. The largest absolute Gasteiger partial charge is 0.480 e. The predicted molar refractivity (Wildman–Crippen MR) is 81.2 cm³/mol. The van der Waals surface area contributed by atoms with Crippen molar-refractivity contribution in [3.8, 4) is 0 Å². The number of carbonyl (C=O) groups excluding carboxylic acids is 1. The minimum absolute atomic E-state index is 0.160. The van der Waals surface area contributed by atoms with Crippen LogP contribution in [0.25, 0.3) is 10.9 Å². The van der Waals surface area contributed by atoms with E-state index in [-0.39, 0.29) is 5.91 Å². The quantitative estimate of drug-likeness (QED) is 0.887. The first-order valence-corrected chi connectivity index (χ1v) is 6.95. The minimum Gasteiger partial charge on any atom is -0.480 e. The average molecular weight is 288 g/mol. The van der Waals surface area contributed by atoms with E-state index in [1.165, 1.54) is 24.4 Å². The number of aliphatic carboxylic acids is 1. The zero-order valence-electron chi connectivity index (χ0n) is 12.5. The maximum atomic E-state index is 12.0. The smallest absolute Gasteiger partial charge is 0.326 e. The molecule has 0 aliphatic carbocycles. The van der Waals surface area contributed by atoms with Crippen LogP contribution in [0.4, 0.5) is 0 Å². The summed E-state index contributed by atoms with van der Waals surface area (Å²) in [6.07, 6.45) is 2.81. The Hall–Kier alpha value is -2.30. The Kier molecular flexibility index (Phi) is 4.31. The molecule has 112 valence electrons. The van der Waals surface area contributed by atoms with Crippen LogP contribution in [0, 0.1) is 6.92 Å². The molecule has 5 heteroatoms. The summed E-state index contributed by atoms with van der Waals surface area (Å²) in [6, 6.07) is 5.35. The van der Waals surface area contributed by atoms with Crippen molar-refractivity contribution >= 4 is 22.8 Å². The normalized spacial score (nSPS) is 12.3. The van der Waals surface area contributed by atoms with Crippen LogP contribution in [0.5, 0.6) is 0 Å². The van der Waals surface area contributed by atoms with E-state index in [2.05, 4.69) is 11.1 Å². The first kappa shape index (κ1) is 15.1. The van der Waals surface area contributed by atoms with Crippen LogP contribution in [0.2, 0.25) is 0 Å². The van der Waals surface area contributed by atoms with Gasteiger partial charge in [0.05, 0.1) is 0 Å². The zero-order valence-corrected chi connectivity index (χ0v) is 12.5. The van der Waals surface area contributed by atoms with E-state index in [4.69, 9.17) is 5.11 Å². The van der Waals surface area contributed by atoms with E-state index >= 15 is 0 Å². The van der Waals surface area contributed by atoms with Crippen LogP contribution in [0.1, 0.15) is 24.5 Å². The number of fused-ring (bicyclic) bond motifs is 1. The van der Waals surface area contributed by atoms with E-state index in [9.17, 15) is 9.59 Å². The lowest BCUT2D eigenvalue weighted by Gasteiger charge is -2.21. The summed E-state index contributed by atoms with van der Waals surface area (Å²) >= 11 is 0. The molecular formula is C16H20N2O3. The number of benzene rings is 1. The third kappa shape index (κ3) is 3.24. The van der Waals surface area contributed by atoms with Gasteiger partial charge in [-0.05, 0) is 38.0 Å². The lowest BCUT2D eigenvalue weighted by Crippen LogP contribution is -2.40. The number of hydrogen-bond donors (Lipinski definition) is 2. The third-order valence-electron chi connectivity index (χ3n) is 3.86. The van der Waals surface area contributed by atoms with Crippen LogP contribution in [-0.2, 0) is 16.0 Å². The van der Waals surface area contributed by atoms with Crippen molar-refractivity contribution in [3.63, 3.8) is 0 Å². The van der Waals surface area contributed by atoms with Crippen molar-refractivity contribution in [2.45, 2.75) is 32.7 Å². The maximum Gasteiger partial charge on any atom is 0.326 e. The Morgan fingerprint density at radius 1 is 1.38 bits per heavy atom.